The van der Waals surface area contributed by atoms with Gasteiger partial charge in [-0.1, -0.05) is 12.2 Å². The molecule has 0 aliphatic carbocycles. The van der Waals surface area contributed by atoms with Gasteiger partial charge in [-0.2, -0.15) is 0 Å². The molecule has 1 atom stereocenters. The zero-order valence-electron chi connectivity index (χ0n) is 9.43. The Morgan fingerprint density at radius 2 is 2.12 bits per heavy atom. The fourth-order valence-electron chi connectivity index (χ4n) is 2.03. The summed E-state index contributed by atoms with van der Waals surface area (Å²) in [7, 11) is 2.13. The zero-order chi connectivity index (χ0) is 11.5. The number of hydrogen-bond donors (Lipinski definition) is 1. The van der Waals surface area contributed by atoms with Crippen LogP contribution in [0, 0.1) is 0 Å². The fraction of sp³-hybridized carbons (Fsp3) is 0.545. The van der Waals surface area contributed by atoms with Gasteiger partial charge in [0.2, 0.25) is 0 Å². The van der Waals surface area contributed by atoms with Crippen molar-refractivity contribution < 1.29 is 4.42 Å². The Morgan fingerprint density at radius 3 is 2.62 bits per heavy atom. The van der Waals surface area contributed by atoms with Crippen LogP contribution in [0.2, 0.25) is 0 Å². The maximum atomic E-state index is 5.81. The molecule has 16 heavy (non-hydrogen) atoms. The lowest BCUT2D eigenvalue weighted by molar-refractivity contribution is 0.128. The molecule has 0 bridgehead atoms. The molecule has 0 radical (unpaired) electrons. The van der Waals surface area contributed by atoms with Crippen LogP contribution in [-0.4, -0.2) is 48.0 Å². The van der Waals surface area contributed by atoms with Crippen LogP contribution < -0.4 is 5.73 Å². The molecule has 88 valence electrons. The number of furan rings is 1. The Morgan fingerprint density at radius 1 is 1.44 bits per heavy atom. The molecule has 1 aromatic rings. The summed E-state index contributed by atoms with van der Waals surface area (Å²) in [4.78, 5) is 5.07. The van der Waals surface area contributed by atoms with Gasteiger partial charge in [0.15, 0.2) is 0 Å². The molecule has 2 heterocycles. The van der Waals surface area contributed by atoms with Crippen LogP contribution in [0.5, 0.6) is 0 Å². The molecule has 4 nitrogen and oxygen atoms in total. The fourth-order valence-corrected chi connectivity index (χ4v) is 2.29. The highest BCUT2D eigenvalue weighted by molar-refractivity contribution is 7.80. The second-order valence-corrected chi connectivity index (χ2v) is 4.63. The van der Waals surface area contributed by atoms with Crippen LogP contribution in [-0.2, 0) is 0 Å². The van der Waals surface area contributed by atoms with E-state index in [4.69, 9.17) is 22.4 Å². The lowest BCUT2D eigenvalue weighted by Gasteiger charge is -2.36. The molecule has 0 spiro atoms. The molecular weight excluding hydrogens is 222 g/mol. The van der Waals surface area contributed by atoms with E-state index in [2.05, 4.69) is 16.8 Å². The van der Waals surface area contributed by atoms with E-state index in [1.54, 1.807) is 6.26 Å². The quantitative estimate of drug-likeness (QED) is 0.793. The highest BCUT2D eigenvalue weighted by atomic mass is 32.1. The molecule has 1 aliphatic rings. The van der Waals surface area contributed by atoms with Gasteiger partial charge in [-0.3, -0.25) is 4.90 Å². The largest absolute Gasteiger partial charge is 0.467 e. The molecule has 1 aliphatic heterocycles. The van der Waals surface area contributed by atoms with Crippen LogP contribution in [0.4, 0.5) is 0 Å². The minimum Gasteiger partial charge on any atom is -0.467 e. The first kappa shape index (κ1) is 11.6. The van der Waals surface area contributed by atoms with Crippen LogP contribution in [0.15, 0.2) is 22.8 Å². The minimum absolute atomic E-state index is 0.0568. The molecule has 1 fully saturated rings. The summed E-state index contributed by atoms with van der Waals surface area (Å²) >= 11 is 5.14. The Labute approximate surface area is 101 Å². The van der Waals surface area contributed by atoms with Gasteiger partial charge < -0.3 is 15.1 Å². The second-order valence-electron chi connectivity index (χ2n) is 4.16. The van der Waals surface area contributed by atoms with Gasteiger partial charge in [0.25, 0.3) is 0 Å². The predicted molar refractivity (Wildman–Crippen MR) is 67.3 cm³/mol. The average molecular weight is 239 g/mol. The summed E-state index contributed by atoms with van der Waals surface area (Å²) in [6, 6.07) is 3.75. The van der Waals surface area contributed by atoms with Gasteiger partial charge in [0.1, 0.15) is 11.8 Å². The van der Waals surface area contributed by atoms with Gasteiger partial charge in [-0.05, 0) is 19.2 Å². The smallest absolute Gasteiger partial charge is 0.127 e. The zero-order valence-corrected chi connectivity index (χ0v) is 10.2. The lowest BCUT2D eigenvalue weighted by Crippen LogP contribution is -2.48. The number of piperazine rings is 1. The van der Waals surface area contributed by atoms with Crippen molar-refractivity contribution in [2.24, 2.45) is 5.73 Å². The van der Waals surface area contributed by atoms with Crippen LogP contribution in [0.1, 0.15) is 11.8 Å². The summed E-state index contributed by atoms with van der Waals surface area (Å²) in [5.41, 5.74) is 5.81. The second kappa shape index (κ2) is 4.95. The van der Waals surface area contributed by atoms with Crippen LogP contribution in [0.3, 0.4) is 0 Å². The maximum absolute atomic E-state index is 5.81. The third-order valence-electron chi connectivity index (χ3n) is 2.99. The van der Waals surface area contributed by atoms with E-state index < -0.39 is 0 Å². The van der Waals surface area contributed by atoms with Crippen molar-refractivity contribution in [3.05, 3.63) is 24.2 Å². The maximum Gasteiger partial charge on any atom is 0.127 e. The monoisotopic (exact) mass is 239 g/mol. The molecule has 5 heteroatoms. The number of likely N-dealkylation sites (N-methyl/N-ethyl adjacent to an activating group) is 1. The van der Waals surface area contributed by atoms with Crippen molar-refractivity contribution >= 4 is 17.2 Å². The molecule has 2 rings (SSSR count). The predicted octanol–water partition coefficient (Wildman–Crippen LogP) is 0.854. The van der Waals surface area contributed by atoms with Gasteiger partial charge in [0, 0.05) is 26.2 Å². The van der Waals surface area contributed by atoms with E-state index in [0.29, 0.717) is 4.99 Å². The van der Waals surface area contributed by atoms with Crippen molar-refractivity contribution in [1.29, 1.82) is 0 Å². The summed E-state index contributed by atoms with van der Waals surface area (Å²) < 4.78 is 5.41. The molecule has 0 amide bonds. The molecular formula is C11H17N3OS. The molecule has 0 aromatic carbocycles. The lowest BCUT2D eigenvalue weighted by atomic mass is 10.1. The van der Waals surface area contributed by atoms with Crippen LogP contribution in [0.25, 0.3) is 0 Å². The molecule has 2 N–H and O–H groups in total. The van der Waals surface area contributed by atoms with Crippen molar-refractivity contribution in [3.8, 4) is 0 Å². The highest BCUT2D eigenvalue weighted by Gasteiger charge is 2.27. The number of thiocarbonyl (C=S) groups is 1. The van der Waals surface area contributed by atoms with Gasteiger partial charge in [-0.15, -0.1) is 0 Å². The highest BCUT2D eigenvalue weighted by Crippen LogP contribution is 2.22. The third kappa shape index (κ3) is 2.42. The van der Waals surface area contributed by atoms with E-state index in [9.17, 15) is 0 Å². The van der Waals surface area contributed by atoms with Gasteiger partial charge in [-0.25, -0.2) is 0 Å². The number of nitrogens with zero attached hydrogens (tertiary/aromatic N) is 2. The Hall–Kier alpha value is -0.910. The van der Waals surface area contributed by atoms with E-state index >= 15 is 0 Å². The van der Waals surface area contributed by atoms with E-state index in [1.165, 1.54) is 0 Å². The molecule has 1 aromatic heterocycles. The first-order valence-corrected chi connectivity index (χ1v) is 5.84. The summed E-state index contributed by atoms with van der Waals surface area (Å²) in [6.07, 6.45) is 1.66. The number of nitrogens with two attached hydrogens (primary N) is 1. The summed E-state index contributed by atoms with van der Waals surface area (Å²) in [5.74, 6) is 0.844. The molecule has 0 saturated carbocycles. The number of hydrogen-bond acceptors (Lipinski definition) is 4. The van der Waals surface area contributed by atoms with Crippen molar-refractivity contribution in [3.63, 3.8) is 0 Å². The van der Waals surface area contributed by atoms with Crippen molar-refractivity contribution in [2.75, 3.05) is 33.2 Å². The van der Waals surface area contributed by atoms with Crippen molar-refractivity contribution in [2.45, 2.75) is 6.04 Å². The minimum atomic E-state index is -0.0568. The normalized spacial score (nSPS) is 20.8. The summed E-state index contributed by atoms with van der Waals surface area (Å²) in [5, 5.41) is 0. The summed E-state index contributed by atoms with van der Waals surface area (Å²) in [6.45, 7) is 4.03. The Kier molecular flexibility index (Phi) is 3.58. The SMILES string of the molecule is CN1CCN(C(C(N)=S)c2ccco2)CC1. The first-order chi connectivity index (χ1) is 7.68. The molecule has 1 saturated heterocycles. The van der Waals surface area contributed by atoms with Gasteiger partial charge in [0.05, 0.1) is 11.3 Å². The average Bonchev–Trinajstić information content (AvgIpc) is 2.74. The Bertz CT molecular complexity index is 344. The van der Waals surface area contributed by atoms with E-state index in [1.807, 2.05) is 12.1 Å². The molecule has 1 unspecified atom stereocenters. The first-order valence-electron chi connectivity index (χ1n) is 5.44. The Balaban J connectivity index is 2.11. The van der Waals surface area contributed by atoms with Crippen molar-refractivity contribution in [1.82, 2.24) is 9.80 Å². The van der Waals surface area contributed by atoms with Crippen LogP contribution >= 0.6 is 12.2 Å². The standard InChI is InChI=1S/C11H17N3OS/c1-13-4-6-14(7-5-13)10(11(12)16)9-3-2-8-15-9/h2-3,8,10H,4-7H2,1H3,(H2,12,16). The number of rotatable bonds is 3. The van der Waals surface area contributed by atoms with E-state index in [0.717, 1.165) is 31.9 Å². The third-order valence-corrected chi connectivity index (χ3v) is 3.21. The topological polar surface area (TPSA) is 45.6 Å². The van der Waals surface area contributed by atoms with E-state index in [-0.39, 0.29) is 6.04 Å². The van der Waals surface area contributed by atoms with Gasteiger partial charge >= 0.3 is 0 Å².